The second-order valence-electron chi connectivity index (χ2n) is 5.76. The van der Waals surface area contributed by atoms with Gasteiger partial charge in [0.1, 0.15) is 17.2 Å². The number of anilines is 1. The van der Waals surface area contributed by atoms with Gasteiger partial charge in [-0.1, -0.05) is 18.2 Å². The molecule has 3 aromatic rings. The highest BCUT2D eigenvalue weighted by Crippen LogP contribution is 2.20. The van der Waals surface area contributed by atoms with Crippen LogP contribution in [0.15, 0.2) is 36.5 Å². The molecular formula is C18H17F2N5O2. The molecule has 0 aliphatic heterocycles. The van der Waals surface area contributed by atoms with Crippen LogP contribution >= 0.6 is 0 Å². The fourth-order valence-electron chi connectivity index (χ4n) is 2.51. The summed E-state index contributed by atoms with van der Waals surface area (Å²) in [6, 6.07) is 7.68. The van der Waals surface area contributed by atoms with Crippen LogP contribution in [0.3, 0.4) is 0 Å². The molecule has 2 aromatic heterocycles. The Morgan fingerprint density at radius 1 is 1.26 bits per heavy atom. The molecule has 0 aliphatic carbocycles. The van der Waals surface area contributed by atoms with E-state index in [0.717, 1.165) is 6.20 Å². The fourth-order valence-corrected chi connectivity index (χ4v) is 2.51. The summed E-state index contributed by atoms with van der Waals surface area (Å²) in [7, 11) is 0. The van der Waals surface area contributed by atoms with Gasteiger partial charge in [0.15, 0.2) is 23.2 Å². The second kappa shape index (κ2) is 8.00. The lowest BCUT2D eigenvalue weighted by Gasteiger charge is -2.06. The number of hydrogen-bond donors (Lipinski definition) is 2. The lowest BCUT2D eigenvalue weighted by molar-refractivity contribution is 0.100. The zero-order valence-corrected chi connectivity index (χ0v) is 14.5. The molecule has 0 spiro atoms. The van der Waals surface area contributed by atoms with Gasteiger partial charge < -0.3 is 10.4 Å². The summed E-state index contributed by atoms with van der Waals surface area (Å²) in [5.74, 6) is -1.32. The number of carbonyl (C=O) groups is 1. The van der Waals surface area contributed by atoms with Gasteiger partial charge in [0.05, 0.1) is 19.3 Å². The Labute approximate surface area is 153 Å². The van der Waals surface area contributed by atoms with Crippen LogP contribution < -0.4 is 5.32 Å². The van der Waals surface area contributed by atoms with Crippen molar-refractivity contribution in [1.82, 2.24) is 19.7 Å². The SMILES string of the molecule is CC(=O)c1cc(-c2ncc(F)c(NCCO)n2)nn1Cc1ccccc1F. The van der Waals surface area contributed by atoms with E-state index >= 15 is 0 Å². The number of aliphatic hydroxyl groups is 1. The molecule has 27 heavy (non-hydrogen) atoms. The first-order valence-corrected chi connectivity index (χ1v) is 8.19. The van der Waals surface area contributed by atoms with Crippen molar-refractivity contribution >= 4 is 11.6 Å². The van der Waals surface area contributed by atoms with Crippen LogP contribution in [-0.2, 0) is 6.54 Å². The molecule has 1 aromatic carbocycles. The predicted octanol–water partition coefficient (Wildman–Crippen LogP) is 2.27. The van der Waals surface area contributed by atoms with Crippen LogP contribution in [0.2, 0.25) is 0 Å². The van der Waals surface area contributed by atoms with Crippen LogP contribution in [0.5, 0.6) is 0 Å². The minimum absolute atomic E-state index is 0.0540. The van der Waals surface area contributed by atoms with E-state index in [1.165, 1.54) is 23.7 Å². The summed E-state index contributed by atoms with van der Waals surface area (Å²) in [6.45, 7) is 1.36. The maximum Gasteiger partial charge on any atom is 0.183 e. The number of nitrogens with one attached hydrogen (secondary N) is 1. The quantitative estimate of drug-likeness (QED) is 0.617. The van der Waals surface area contributed by atoms with Gasteiger partial charge in [-0.25, -0.2) is 18.7 Å². The van der Waals surface area contributed by atoms with Crippen molar-refractivity contribution in [2.24, 2.45) is 0 Å². The molecule has 0 atom stereocenters. The Balaban J connectivity index is 1.98. The Morgan fingerprint density at radius 2 is 2.04 bits per heavy atom. The molecule has 9 heteroatoms. The highest BCUT2D eigenvalue weighted by Gasteiger charge is 2.17. The summed E-state index contributed by atoms with van der Waals surface area (Å²) in [5, 5.41) is 15.8. The molecule has 7 nitrogen and oxygen atoms in total. The number of benzene rings is 1. The summed E-state index contributed by atoms with van der Waals surface area (Å²) in [5.41, 5.74) is 0.884. The van der Waals surface area contributed by atoms with Crippen molar-refractivity contribution in [1.29, 1.82) is 0 Å². The topological polar surface area (TPSA) is 92.9 Å². The maximum atomic E-state index is 13.9. The lowest BCUT2D eigenvalue weighted by atomic mass is 10.2. The zero-order valence-electron chi connectivity index (χ0n) is 14.5. The lowest BCUT2D eigenvalue weighted by Crippen LogP contribution is -2.11. The zero-order chi connectivity index (χ0) is 19.4. The van der Waals surface area contributed by atoms with Crippen molar-refractivity contribution < 1.29 is 18.7 Å². The normalized spacial score (nSPS) is 10.8. The van der Waals surface area contributed by atoms with E-state index < -0.39 is 11.6 Å². The van der Waals surface area contributed by atoms with E-state index in [1.807, 2.05) is 0 Å². The van der Waals surface area contributed by atoms with E-state index in [9.17, 15) is 13.6 Å². The van der Waals surface area contributed by atoms with Crippen molar-refractivity contribution in [2.45, 2.75) is 13.5 Å². The Bertz CT molecular complexity index is 974. The molecule has 0 saturated carbocycles. The minimum Gasteiger partial charge on any atom is -0.395 e. The number of aliphatic hydroxyl groups excluding tert-OH is 1. The van der Waals surface area contributed by atoms with E-state index in [-0.39, 0.29) is 48.5 Å². The molecule has 0 aliphatic rings. The molecule has 0 saturated heterocycles. The van der Waals surface area contributed by atoms with Gasteiger partial charge in [0, 0.05) is 19.0 Å². The van der Waals surface area contributed by atoms with Crippen molar-refractivity contribution in [2.75, 3.05) is 18.5 Å². The number of Topliss-reactive ketones (excluding diaryl/α,β-unsaturated/α-hetero) is 1. The summed E-state index contributed by atoms with van der Waals surface area (Å²) >= 11 is 0. The summed E-state index contributed by atoms with van der Waals surface area (Å²) in [4.78, 5) is 19.9. The number of aromatic nitrogens is 4. The summed E-state index contributed by atoms with van der Waals surface area (Å²) < 4.78 is 29.1. The minimum atomic E-state index is -0.676. The standard InChI is InChI=1S/C18H17F2N5O2/c1-11(27)16-8-15(18-22-9-14(20)17(23-18)21-6-7-26)24-25(16)10-12-4-2-3-5-13(12)19/h2-5,8-9,26H,6-7,10H2,1H3,(H,21,22,23). The average molecular weight is 373 g/mol. The average Bonchev–Trinajstić information content (AvgIpc) is 3.07. The third-order valence-electron chi connectivity index (χ3n) is 3.80. The second-order valence-corrected chi connectivity index (χ2v) is 5.76. The van der Waals surface area contributed by atoms with Gasteiger partial charge >= 0.3 is 0 Å². The molecule has 0 bridgehead atoms. The van der Waals surface area contributed by atoms with E-state index in [0.29, 0.717) is 5.56 Å². The summed E-state index contributed by atoms with van der Waals surface area (Å²) in [6.07, 6.45) is 0.978. The molecule has 3 rings (SSSR count). The first-order chi connectivity index (χ1) is 13.0. The van der Waals surface area contributed by atoms with Gasteiger partial charge in [-0.05, 0) is 12.1 Å². The number of nitrogens with zero attached hydrogens (tertiary/aromatic N) is 4. The molecule has 0 amide bonds. The van der Waals surface area contributed by atoms with E-state index in [1.54, 1.807) is 18.2 Å². The largest absolute Gasteiger partial charge is 0.395 e. The van der Waals surface area contributed by atoms with Gasteiger partial charge in [0.2, 0.25) is 0 Å². The highest BCUT2D eigenvalue weighted by molar-refractivity contribution is 5.93. The fraction of sp³-hybridized carbons (Fsp3) is 0.222. The molecule has 0 fully saturated rings. The van der Waals surface area contributed by atoms with Gasteiger partial charge in [-0.2, -0.15) is 5.10 Å². The highest BCUT2D eigenvalue weighted by atomic mass is 19.1. The number of hydrogen-bond acceptors (Lipinski definition) is 6. The predicted molar refractivity (Wildman–Crippen MR) is 94.3 cm³/mol. The van der Waals surface area contributed by atoms with Crippen LogP contribution in [0, 0.1) is 11.6 Å². The van der Waals surface area contributed by atoms with Crippen molar-refractivity contribution in [3.05, 3.63) is 59.4 Å². The molecule has 0 unspecified atom stereocenters. The molecule has 2 N–H and O–H groups in total. The van der Waals surface area contributed by atoms with Gasteiger partial charge in [-0.3, -0.25) is 9.48 Å². The Morgan fingerprint density at radius 3 is 2.74 bits per heavy atom. The Hall–Kier alpha value is -3.20. The van der Waals surface area contributed by atoms with E-state index in [2.05, 4.69) is 20.4 Å². The molecule has 140 valence electrons. The number of halogens is 2. The first-order valence-electron chi connectivity index (χ1n) is 8.19. The number of carbonyl (C=O) groups excluding carboxylic acids is 1. The van der Waals surface area contributed by atoms with Crippen LogP contribution in [0.25, 0.3) is 11.5 Å². The van der Waals surface area contributed by atoms with Crippen LogP contribution in [0.4, 0.5) is 14.6 Å². The molecular weight excluding hydrogens is 356 g/mol. The van der Waals surface area contributed by atoms with Gasteiger partial charge in [0.25, 0.3) is 0 Å². The third-order valence-corrected chi connectivity index (χ3v) is 3.80. The van der Waals surface area contributed by atoms with Crippen molar-refractivity contribution in [3.8, 4) is 11.5 Å². The third kappa shape index (κ3) is 4.14. The van der Waals surface area contributed by atoms with Crippen LogP contribution in [-0.4, -0.2) is 43.8 Å². The smallest absolute Gasteiger partial charge is 0.183 e. The number of ketones is 1. The van der Waals surface area contributed by atoms with E-state index in [4.69, 9.17) is 5.11 Å². The molecule has 2 heterocycles. The van der Waals surface area contributed by atoms with Crippen molar-refractivity contribution in [3.63, 3.8) is 0 Å². The number of rotatable bonds is 7. The molecule has 0 radical (unpaired) electrons. The van der Waals surface area contributed by atoms with Crippen LogP contribution in [0.1, 0.15) is 23.0 Å². The van der Waals surface area contributed by atoms with Gasteiger partial charge in [-0.15, -0.1) is 0 Å². The Kier molecular flexibility index (Phi) is 5.51. The first kappa shape index (κ1) is 18.6. The monoisotopic (exact) mass is 373 g/mol. The maximum absolute atomic E-state index is 13.9.